The number of aromatic amines is 1. The van der Waals surface area contributed by atoms with Gasteiger partial charge in [0.2, 0.25) is 5.91 Å². The fourth-order valence-corrected chi connectivity index (χ4v) is 3.72. The minimum absolute atomic E-state index is 0.114. The summed E-state index contributed by atoms with van der Waals surface area (Å²) in [5.74, 6) is 1.32. The lowest BCUT2D eigenvalue weighted by Gasteiger charge is -2.30. The fourth-order valence-electron chi connectivity index (χ4n) is 3.72. The van der Waals surface area contributed by atoms with E-state index in [1.807, 2.05) is 7.05 Å². The summed E-state index contributed by atoms with van der Waals surface area (Å²) >= 11 is 0. The van der Waals surface area contributed by atoms with E-state index >= 15 is 0 Å². The molecule has 1 N–H and O–H groups in total. The summed E-state index contributed by atoms with van der Waals surface area (Å²) in [6.07, 6.45) is 8.96. The van der Waals surface area contributed by atoms with Gasteiger partial charge in [-0.1, -0.05) is 12.8 Å². The molecule has 1 amide bonds. The van der Waals surface area contributed by atoms with E-state index in [0.29, 0.717) is 6.04 Å². The van der Waals surface area contributed by atoms with Crippen molar-refractivity contribution in [2.24, 2.45) is 5.41 Å². The van der Waals surface area contributed by atoms with Crippen molar-refractivity contribution in [2.75, 3.05) is 23.4 Å². The maximum Gasteiger partial charge on any atom is 0.234 e. The van der Waals surface area contributed by atoms with E-state index in [1.165, 1.54) is 25.7 Å². The monoisotopic (exact) mass is 260 g/mol. The molecule has 4 rings (SSSR count). The Morgan fingerprint density at radius 2 is 2.11 bits per heavy atom. The molecule has 2 saturated carbocycles. The van der Waals surface area contributed by atoms with E-state index in [4.69, 9.17) is 0 Å². The summed E-state index contributed by atoms with van der Waals surface area (Å²) in [6.45, 7) is 0.871. The summed E-state index contributed by atoms with van der Waals surface area (Å²) in [5, 5.41) is 7.28. The normalized spacial score (nSPS) is 25.8. The number of nitrogens with one attached hydrogen (secondary N) is 1. The van der Waals surface area contributed by atoms with E-state index in [-0.39, 0.29) is 11.3 Å². The lowest BCUT2D eigenvalue weighted by molar-refractivity contribution is -0.122. The van der Waals surface area contributed by atoms with Crippen molar-refractivity contribution in [3.05, 3.63) is 6.20 Å². The largest absolute Gasteiger partial charge is 0.351 e. The predicted octanol–water partition coefficient (Wildman–Crippen LogP) is 1.92. The molecule has 0 bridgehead atoms. The molecule has 19 heavy (non-hydrogen) atoms. The molecule has 2 aliphatic carbocycles. The second-order valence-electron chi connectivity index (χ2n) is 6.31. The van der Waals surface area contributed by atoms with Crippen LogP contribution in [0.5, 0.6) is 0 Å². The van der Waals surface area contributed by atoms with E-state index < -0.39 is 0 Å². The Hall–Kier alpha value is -1.52. The third-order valence-corrected chi connectivity index (χ3v) is 5.10. The van der Waals surface area contributed by atoms with Crippen LogP contribution >= 0.6 is 0 Å². The van der Waals surface area contributed by atoms with Gasteiger partial charge in [-0.05, 0) is 25.7 Å². The Bertz CT molecular complexity index is 513. The zero-order chi connectivity index (χ0) is 13.0. The van der Waals surface area contributed by atoms with Gasteiger partial charge in [-0.15, -0.1) is 0 Å². The lowest BCUT2D eigenvalue weighted by Crippen LogP contribution is -2.41. The minimum Gasteiger partial charge on any atom is -0.351 e. The van der Waals surface area contributed by atoms with Crippen LogP contribution in [0.25, 0.3) is 0 Å². The molecular formula is C14H20N4O. The average molecular weight is 260 g/mol. The van der Waals surface area contributed by atoms with Crippen molar-refractivity contribution in [3.8, 4) is 0 Å². The third kappa shape index (κ3) is 1.53. The Kier molecular flexibility index (Phi) is 2.23. The molecule has 102 valence electrons. The van der Waals surface area contributed by atoms with Gasteiger partial charge >= 0.3 is 0 Å². The van der Waals surface area contributed by atoms with Gasteiger partial charge in [0, 0.05) is 19.6 Å². The van der Waals surface area contributed by atoms with Crippen molar-refractivity contribution < 1.29 is 4.79 Å². The Balaban J connectivity index is 1.77. The van der Waals surface area contributed by atoms with Gasteiger partial charge in [-0.2, -0.15) is 5.10 Å². The first-order valence-electron chi connectivity index (χ1n) is 7.29. The molecule has 5 heteroatoms. The van der Waals surface area contributed by atoms with Crippen LogP contribution in [0.1, 0.15) is 38.5 Å². The molecule has 1 aromatic heterocycles. The van der Waals surface area contributed by atoms with Crippen LogP contribution in [0.2, 0.25) is 0 Å². The van der Waals surface area contributed by atoms with E-state index in [0.717, 1.165) is 30.9 Å². The van der Waals surface area contributed by atoms with Crippen molar-refractivity contribution in [2.45, 2.75) is 44.6 Å². The molecule has 0 aromatic carbocycles. The van der Waals surface area contributed by atoms with Crippen molar-refractivity contribution in [1.29, 1.82) is 0 Å². The number of anilines is 2. The Morgan fingerprint density at radius 1 is 1.37 bits per heavy atom. The SMILES string of the molecule is CN1C(=O)C2(CC2)CN(C2CCCC2)c2[nH]ncc21. The molecule has 0 saturated heterocycles. The molecule has 1 aromatic rings. The molecule has 0 unspecified atom stereocenters. The van der Waals surface area contributed by atoms with Crippen molar-refractivity contribution in [3.63, 3.8) is 0 Å². The number of carbonyl (C=O) groups is 1. The highest BCUT2D eigenvalue weighted by Crippen LogP contribution is 2.52. The van der Waals surface area contributed by atoms with Crippen LogP contribution < -0.4 is 9.80 Å². The summed E-state index contributed by atoms with van der Waals surface area (Å²) < 4.78 is 0. The second-order valence-corrected chi connectivity index (χ2v) is 6.31. The summed E-state index contributed by atoms with van der Waals surface area (Å²) in [4.78, 5) is 16.8. The third-order valence-electron chi connectivity index (χ3n) is 5.10. The van der Waals surface area contributed by atoms with E-state index in [2.05, 4.69) is 15.1 Å². The zero-order valence-corrected chi connectivity index (χ0v) is 11.4. The molecule has 3 aliphatic rings. The van der Waals surface area contributed by atoms with Crippen molar-refractivity contribution in [1.82, 2.24) is 10.2 Å². The number of hydrogen-bond donors (Lipinski definition) is 1. The van der Waals surface area contributed by atoms with E-state index in [9.17, 15) is 4.79 Å². The number of H-pyrrole nitrogens is 1. The lowest BCUT2D eigenvalue weighted by atomic mass is 10.0. The van der Waals surface area contributed by atoms with Crippen LogP contribution in [0, 0.1) is 5.41 Å². The molecule has 1 aliphatic heterocycles. The predicted molar refractivity (Wildman–Crippen MR) is 73.3 cm³/mol. The molecule has 2 heterocycles. The van der Waals surface area contributed by atoms with Gasteiger partial charge in [-0.3, -0.25) is 9.89 Å². The van der Waals surface area contributed by atoms with Gasteiger partial charge < -0.3 is 9.80 Å². The molecule has 1 spiro atoms. The molecule has 0 atom stereocenters. The summed E-state index contributed by atoms with van der Waals surface area (Å²) in [5.41, 5.74) is 0.831. The van der Waals surface area contributed by atoms with Gasteiger partial charge in [0.05, 0.1) is 11.6 Å². The van der Waals surface area contributed by atoms with Crippen LogP contribution in [0.15, 0.2) is 6.20 Å². The second kappa shape index (κ2) is 3.74. The van der Waals surface area contributed by atoms with Gasteiger partial charge in [-0.25, -0.2) is 0 Å². The number of nitrogens with zero attached hydrogens (tertiary/aromatic N) is 3. The first-order valence-corrected chi connectivity index (χ1v) is 7.29. The Labute approximate surface area is 113 Å². The van der Waals surface area contributed by atoms with E-state index in [1.54, 1.807) is 11.1 Å². The summed E-state index contributed by atoms with van der Waals surface area (Å²) in [6, 6.07) is 0.580. The number of carbonyl (C=O) groups excluding carboxylic acids is 1. The highest BCUT2D eigenvalue weighted by Gasteiger charge is 2.55. The molecule has 0 radical (unpaired) electrons. The van der Waals surface area contributed by atoms with Crippen LogP contribution in [0.4, 0.5) is 11.5 Å². The smallest absolute Gasteiger partial charge is 0.234 e. The average Bonchev–Trinajstić information content (AvgIpc) is 2.87. The van der Waals surface area contributed by atoms with Crippen LogP contribution in [-0.4, -0.2) is 35.7 Å². The van der Waals surface area contributed by atoms with Gasteiger partial charge in [0.1, 0.15) is 11.5 Å². The molecule has 2 fully saturated rings. The first-order chi connectivity index (χ1) is 9.21. The van der Waals surface area contributed by atoms with Crippen LogP contribution in [-0.2, 0) is 4.79 Å². The topological polar surface area (TPSA) is 52.2 Å². The maximum absolute atomic E-state index is 12.6. The molecular weight excluding hydrogens is 240 g/mol. The fraction of sp³-hybridized carbons (Fsp3) is 0.714. The standard InChI is InChI=1S/C14H20N4O/c1-17-11-8-15-16-12(11)18(10-4-2-3-5-10)9-14(6-7-14)13(17)19/h8,10H,2-7,9H2,1H3,(H,15,16). The quantitative estimate of drug-likeness (QED) is 0.839. The maximum atomic E-state index is 12.6. The number of rotatable bonds is 1. The highest BCUT2D eigenvalue weighted by atomic mass is 16.2. The zero-order valence-electron chi connectivity index (χ0n) is 11.4. The Morgan fingerprint density at radius 3 is 2.79 bits per heavy atom. The number of hydrogen-bond acceptors (Lipinski definition) is 3. The van der Waals surface area contributed by atoms with Crippen molar-refractivity contribution >= 4 is 17.4 Å². The van der Waals surface area contributed by atoms with Crippen LogP contribution in [0.3, 0.4) is 0 Å². The van der Waals surface area contributed by atoms with Gasteiger partial charge in [0.25, 0.3) is 0 Å². The highest BCUT2D eigenvalue weighted by molar-refractivity contribution is 6.02. The number of amides is 1. The number of aromatic nitrogens is 2. The van der Waals surface area contributed by atoms with Gasteiger partial charge in [0.15, 0.2) is 0 Å². The number of fused-ring (bicyclic) bond motifs is 1. The minimum atomic E-state index is -0.114. The first kappa shape index (κ1) is 11.3. The molecule has 5 nitrogen and oxygen atoms in total. The summed E-state index contributed by atoms with van der Waals surface area (Å²) in [7, 11) is 1.88.